The number of nitro benzene ring substituents is 1. The van der Waals surface area contributed by atoms with E-state index in [0.717, 1.165) is 10.9 Å². The van der Waals surface area contributed by atoms with Gasteiger partial charge < -0.3 is 4.42 Å². The number of aromatic nitrogens is 2. The highest BCUT2D eigenvalue weighted by Crippen LogP contribution is 2.30. The summed E-state index contributed by atoms with van der Waals surface area (Å²) < 4.78 is 5.31. The monoisotopic (exact) mass is 486 g/mol. The molecule has 10 heteroatoms. The van der Waals surface area contributed by atoms with Crippen LogP contribution in [0.5, 0.6) is 0 Å². The summed E-state index contributed by atoms with van der Waals surface area (Å²) in [5, 5.41) is 24.3. The minimum absolute atomic E-state index is 0.123. The average Bonchev–Trinajstić information content (AvgIpc) is 3.31. The van der Waals surface area contributed by atoms with Gasteiger partial charge in [-0.15, -0.1) is 11.3 Å². The Morgan fingerprint density at radius 1 is 1.15 bits per heavy atom. The van der Waals surface area contributed by atoms with Crippen LogP contribution in [0, 0.1) is 21.4 Å². The van der Waals surface area contributed by atoms with Gasteiger partial charge in [0.1, 0.15) is 21.8 Å². The molecule has 0 unspecified atom stereocenters. The Balaban J connectivity index is 1.56. The molecule has 0 fully saturated rings. The molecule has 0 aliphatic carbocycles. The molecule has 3 aromatic heterocycles. The minimum Gasteiger partial charge on any atom is -0.422 e. The third-order valence-electron chi connectivity index (χ3n) is 5.06. The maximum absolute atomic E-state index is 12.5. The molecule has 8 nitrogen and oxygen atoms in total. The van der Waals surface area contributed by atoms with E-state index in [1.807, 2.05) is 30.3 Å². The summed E-state index contributed by atoms with van der Waals surface area (Å²) in [5.74, 6) is 0. The van der Waals surface area contributed by atoms with Crippen LogP contribution in [0.25, 0.3) is 44.8 Å². The van der Waals surface area contributed by atoms with Crippen LogP contribution in [0.2, 0.25) is 5.15 Å². The quantitative estimate of drug-likeness (QED) is 0.0989. The van der Waals surface area contributed by atoms with E-state index >= 15 is 0 Å². The van der Waals surface area contributed by atoms with E-state index < -0.39 is 10.5 Å². The topological polar surface area (TPSA) is 123 Å². The minimum atomic E-state index is -0.637. The van der Waals surface area contributed by atoms with Crippen LogP contribution in [0.1, 0.15) is 10.6 Å². The maximum atomic E-state index is 12.5. The molecular formula is C24H11ClN4O4S. The summed E-state index contributed by atoms with van der Waals surface area (Å²) in [6.45, 7) is 0. The average molecular weight is 487 g/mol. The highest BCUT2D eigenvalue weighted by molar-refractivity contribution is 7.11. The number of nitriles is 1. The molecule has 0 aliphatic heterocycles. The van der Waals surface area contributed by atoms with Crippen LogP contribution in [0.3, 0.4) is 0 Å². The van der Waals surface area contributed by atoms with E-state index in [0.29, 0.717) is 21.7 Å². The van der Waals surface area contributed by atoms with E-state index in [1.165, 1.54) is 35.6 Å². The Bertz CT molecular complexity index is 1750. The van der Waals surface area contributed by atoms with Crippen molar-refractivity contribution >= 4 is 62.1 Å². The molecule has 0 saturated carbocycles. The molecule has 5 aromatic rings. The van der Waals surface area contributed by atoms with Crippen molar-refractivity contribution in [3.63, 3.8) is 0 Å². The number of benzene rings is 2. The zero-order chi connectivity index (χ0) is 23.8. The number of pyridine rings is 1. The van der Waals surface area contributed by atoms with Crippen molar-refractivity contribution in [3.05, 3.63) is 96.2 Å². The van der Waals surface area contributed by atoms with Crippen molar-refractivity contribution in [3.8, 4) is 17.3 Å². The molecule has 0 atom stereocenters. The molecule has 0 N–H and O–H groups in total. The Morgan fingerprint density at radius 2 is 1.97 bits per heavy atom. The zero-order valence-electron chi connectivity index (χ0n) is 17.1. The van der Waals surface area contributed by atoms with Gasteiger partial charge in [0, 0.05) is 33.8 Å². The molecule has 0 aliphatic rings. The lowest BCUT2D eigenvalue weighted by atomic mass is 10.1. The SMILES string of the molecule is N#C/C(=C/c1cc2ccccc2nc1Cl)c1nc(-c2cc3cc([N+](=O)[O-])ccc3oc2=O)cs1. The van der Waals surface area contributed by atoms with Crippen molar-refractivity contribution in [2.45, 2.75) is 0 Å². The number of rotatable bonds is 4. The van der Waals surface area contributed by atoms with Crippen LogP contribution in [-0.2, 0) is 0 Å². The van der Waals surface area contributed by atoms with Crippen LogP contribution in [0.15, 0.2) is 69.2 Å². The Kier molecular flexibility index (Phi) is 5.37. The van der Waals surface area contributed by atoms with E-state index in [1.54, 1.807) is 11.5 Å². The van der Waals surface area contributed by atoms with Gasteiger partial charge in [-0.1, -0.05) is 29.8 Å². The first kappa shape index (κ1) is 21.5. The van der Waals surface area contributed by atoms with Gasteiger partial charge in [0.15, 0.2) is 0 Å². The number of allylic oxidation sites excluding steroid dienone is 1. The van der Waals surface area contributed by atoms with Crippen molar-refractivity contribution in [2.24, 2.45) is 0 Å². The van der Waals surface area contributed by atoms with Gasteiger partial charge in [0.25, 0.3) is 5.69 Å². The number of para-hydroxylation sites is 1. The second-order valence-corrected chi connectivity index (χ2v) is 8.41. The van der Waals surface area contributed by atoms with E-state index in [9.17, 15) is 20.2 Å². The third kappa shape index (κ3) is 3.92. The van der Waals surface area contributed by atoms with Crippen LogP contribution in [-0.4, -0.2) is 14.9 Å². The molecule has 0 amide bonds. The standard InChI is InChI=1S/C24H11ClN4O4S/c25-22-15(7-13-3-1-2-4-19(13)27-22)8-16(11-26)23-28-20(12-34-23)18-10-14-9-17(29(31)32)5-6-21(14)33-24(18)30/h1-10,12H/b16-8-. The molecule has 3 heterocycles. The first-order valence-electron chi connectivity index (χ1n) is 9.78. The number of thiazole rings is 1. The number of hydrogen-bond acceptors (Lipinski definition) is 8. The van der Waals surface area contributed by atoms with Gasteiger partial charge in [0.2, 0.25) is 0 Å². The number of non-ortho nitro benzene ring substituents is 1. The summed E-state index contributed by atoms with van der Waals surface area (Å²) in [6.07, 6.45) is 1.59. The number of fused-ring (bicyclic) bond motifs is 2. The van der Waals surface area contributed by atoms with Gasteiger partial charge >= 0.3 is 5.63 Å². The molecule has 0 bridgehead atoms. The molecule has 5 rings (SSSR count). The smallest absolute Gasteiger partial charge is 0.345 e. The lowest BCUT2D eigenvalue weighted by molar-refractivity contribution is -0.384. The number of nitro groups is 1. The van der Waals surface area contributed by atoms with Gasteiger partial charge in [-0.3, -0.25) is 10.1 Å². The molecule has 0 spiro atoms. The fourth-order valence-electron chi connectivity index (χ4n) is 3.43. The molecule has 0 radical (unpaired) electrons. The first-order chi connectivity index (χ1) is 16.4. The predicted molar refractivity (Wildman–Crippen MR) is 130 cm³/mol. The second-order valence-electron chi connectivity index (χ2n) is 7.20. The predicted octanol–water partition coefficient (Wildman–Crippen LogP) is 6.09. The molecule has 164 valence electrons. The Morgan fingerprint density at radius 3 is 2.76 bits per heavy atom. The van der Waals surface area contributed by atoms with Crippen LogP contribution >= 0.6 is 22.9 Å². The second kappa shape index (κ2) is 8.51. The first-order valence-corrected chi connectivity index (χ1v) is 11.0. The fraction of sp³-hybridized carbons (Fsp3) is 0. The van der Waals surface area contributed by atoms with E-state index in [2.05, 4.69) is 16.0 Å². The lowest BCUT2D eigenvalue weighted by Crippen LogP contribution is -2.03. The summed E-state index contributed by atoms with van der Waals surface area (Å²) >= 11 is 7.49. The van der Waals surface area contributed by atoms with E-state index in [-0.39, 0.29) is 27.6 Å². The van der Waals surface area contributed by atoms with Gasteiger partial charge in [0.05, 0.1) is 27.3 Å². The van der Waals surface area contributed by atoms with E-state index in [4.69, 9.17) is 16.0 Å². The fourth-order valence-corrected chi connectivity index (χ4v) is 4.42. The summed E-state index contributed by atoms with van der Waals surface area (Å²) in [6, 6.07) is 16.9. The third-order valence-corrected chi connectivity index (χ3v) is 6.24. The van der Waals surface area contributed by atoms with Gasteiger partial charge in [-0.25, -0.2) is 14.8 Å². The highest BCUT2D eigenvalue weighted by Gasteiger charge is 2.16. The van der Waals surface area contributed by atoms with Gasteiger partial charge in [-0.2, -0.15) is 5.26 Å². The number of hydrogen-bond donors (Lipinski definition) is 0. The van der Waals surface area contributed by atoms with Gasteiger partial charge in [-0.05, 0) is 30.3 Å². The summed E-state index contributed by atoms with van der Waals surface area (Å²) in [7, 11) is 0. The molecular weight excluding hydrogens is 476 g/mol. The highest BCUT2D eigenvalue weighted by atomic mass is 35.5. The number of halogens is 1. The van der Waals surface area contributed by atoms with Crippen LogP contribution in [0.4, 0.5) is 5.69 Å². The Labute approximate surface area is 200 Å². The van der Waals surface area contributed by atoms with Crippen molar-refractivity contribution in [2.75, 3.05) is 0 Å². The maximum Gasteiger partial charge on any atom is 0.345 e. The zero-order valence-corrected chi connectivity index (χ0v) is 18.6. The molecule has 0 saturated heterocycles. The Hall–Kier alpha value is -4.39. The summed E-state index contributed by atoms with van der Waals surface area (Å²) in [4.78, 5) is 31.9. The molecule has 34 heavy (non-hydrogen) atoms. The number of nitrogens with zero attached hydrogens (tertiary/aromatic N) is 4. The van der Waals surface area contributed by atoms with Crippen molar-refractivity contribution in [1.29, 1.82) is 5.26 Å². The van der Waals surface area contributed by atoms with Crippen molar-refractivity contribution in [1.82, 2.24) is 9.97 Å². The largest absolute Gasteiger partial charge is 0.422 e. The van der Waals surface area contributed by atoms with Crippen molar-refractivity contribution < 1.29 is 9.34 Å². The normalized spacial score (nSPS) is 11.6. The lowest BCUT2D eigenvalue weighted by Gasteiger charge is -2.03. The summed E-state index contributed by atoms with van der Waals surface area (Å²) in [5.41, 5.74) is 1.45. The molecule has 2 aromatic carbocycles. The van der Waals surface area contributed by atoms with Crippen LogP contribution < -0.4 is 5.63 Å².